The summed E-state index contributed by atoms with van der Waals surface area (Å²) in [6.07, 6.45) is 1.81. The summed E-state index contributed by atoms with van der Waals surface area (Å²) in [6, 6.07) is 9.61. The summed E-state index contributed by atoms with van der Waals surface area (Å²) < 4.78 is 1.42. The molecule has 1 unspecified atom stereocenters. The van der Waals surface area contributed by atoms with Crippen LogP contribution in [0.15, 0.2) is 42.6 Å². The number of hydrogen-bond acceptors (Lipinski definition) is 4. The van der Waals surface area contributed by atoms with Crippen molar-refractivity contribution in [3.63, 3.8) is 0 Å². The van der Waals surface area contributed by atoms with E-state index in [2.05, 4.69) is 10.3 Å². The van der Waals surface area contributed by atoms with Gasteiger partial charge in [-0.3, -0.25) is 0 Å². The summed E-state index contributed by atoms with van der Waals surface area (Å²) in [5.74, 6) is -0.0172. The maximum Gasteiger partial charge on any atom is 0.142 e. The summed E-state index contributed by atoms with van der Waals surface area (Å²) in [5, 5.41) is 30.1. The minimum Gasteiger partial charge on any atom is -0.506 e. The van der Waals surface area contributed by atoms with E-state index in [1.165, 1.54) is 10.7 Å². The van der Waals surface area contributed by atoms with Gasteiger partial charge < -0.3 is 10.2 Å². The second-order valence-electron chi connectivity index (χ2n) is 5.86. The first-order chi connectivity index (χ1) is 11.8. The smallest absolute Gasteiger partial charge is 0.142 e. The predicted octanol–water partition coefficient (Wildman–Crippen LogP) is 4.38. The lowest BCUT2D eigenvalue weighted by molar-refractivity contribution is 0.0567. The topological polar surface area (TPSA) is 71.2 Å². The Morgan fingerprint density at radius 1 is 1.08 bits per heavy atom. The van der Waals surface area contributed by atoms with Crippen molar-refractivity contribution in [1.29, 1.82) is 0 Å². The molecule has 1 atom stereocenters. The van der Waals surface area contributed by atoms with Gasteiger partial charge in [-0.1, -0.05) is 46.1 Å². The van der Waals surface area contributed by atoms with Gasteiger partial charge in [-0.2, -0.15) is 0 Å². The molecule has 0 amide bonds. The number of benzene rings is 2. The highest BCUT2D eigenvalue weighted by molar-refractivity contribution is 6.35. The Balaban J connectivity index is 1.87. The van der Waals surface area contributed by atoms with Crippen molar-refractivity contribution in [3.8, 4) is 11.4 Å². The van der Waals surface area contributed by atoms with E-state index >= 15 is 0 Å². The molecule has 2 N–H and O–H groups in total. The fraction of sp³-hybridized carbons (Fsp3) is 0.176. The Morgan fingerprint density at radius 3 is 2.44 bits per heavy atom. The molecule has 5 nitrogen and oxygen atoms in total. The third-order valence-electron chi connectivity index (χ3n) is 3.76. The molecule has 3 rings (SSSR count). The molecule has 0 spiro atoms. The number of aliphatic hydroxyl groups is 1. The van der Waals surface area contributed by atoms with E-state index < -0.39 is 5.60 Å². The first kappa shape index (κ1) is 18.0. The van der Waals surface area contributed by atoms with Gasteiger partial charge in [0.15, 0.2) is 0 Å². The Bertz CT molecular complexity index is 925. The predicted molar refractivity (Wildman–Crippen MR) is 97.8 cm³/mol. The Labute approximate surface area is 159 Å². The minimum absolute atomic E-state index is 0.0172. The van der Waals surface area contributed by atoms with Crippen LogP contribution in [0.2, 0.25) is 15.1 Å². The molecule has 0 bridgehead atoms. The average molecular weight is 399 g/mol. The van der Waals surface area contributed by atoms with Gasteiger partial charge in [-0.15, -0.1) is 5.10 Å². The molecular formula is C17H14Cl3N3O2. The van der Waals surface area contributed by atoms with Gasteiger partial charge in [-0.05, 0) is 31.2 Å². The van der Waals surface area contributed by atoms with Crippen LogP contribution in [0.3, 0.4) is 0 Å². The van der Waals surface area contributed by atoms with Crippen molar-refractivity contribution in [2.24, 2.45) is 0 Å². The van der Waals surface area contributed by atoms with Crippen molar-refractivity contribution in [1.82, 2.24) is 15.0 Å². The van der Waals surface area contributed by atoms with E-state index in [-0.39, 0.29) is 12.2 Å². The average Bonchev–Trinajstić information content (AvgIpc) is 2.94. The lowest BCUT2D eigenvalue weighted by Gasteiger charge is -2.24. The van der Waals surface area contributed by atoms with Gasteiger partial charge in [0.25, 0.3) is 0 Å². The van der Waals surface area contributed by atoms with Crippen LogP contribution < -0.4 is 0 Å². The third-order valence-corrected chi connectivity index (χ3v) is 4.54. The number of aromatic hydroxyl groups is 1. The van der Waals surface area contributed by atoms with Crippen LogP contribution in [0, 0.1) is 0 Å². The largest absolute Gasteiger partial charge is 0.506 e. The highest BCUT2D eigenvalue weighted by atomic mass is 35.5. The van der Waals surface area contributed by atoms with Crippen LogP contribution in [0.1, 0.15) is 18.2 Å². The van der Waals surface area contributed by atoms with Gasteiger partial charge in [0.2, 0.25) is 0 Å². The Morgan fingerprint density at radius 2 is 1.76 bits per heavy atom. The number of nitrogens with zero attached hydrogens (tertiary/aromatic N) is 3. The van der Waals surface area contributed by atoms with Crippen LogP contribution in [0.25, 0.3) is 5.69 Å². The van der Waals surface area contributed by atoms with E-state index in [0.29, 0.717) is 32.0 Å². The van der Waals surface area contributed by atoms with Gasteiger partial charge >= 0.3 is 0 Å². The highest BCUT2D eigenvalue weighted by Crippen LogP contribution is 2.33. The second-order valence-corrected chi connectivity index (χ2v) is 7.14. The zero-order valence-electron chi connectivity index (χ0n) is 13.1. The van der Waals surface area contributed by atoms with Gasteiger partial charge in [-0.25, -0.2) is 4.68 Å². The monoisotopic (exact) mass is 397 g/mol. The van der Waals surface area contributed by atoms with Gasteiger partial charge in [0.05, 0.1) is 17.5 Å². The lowest BCUT2D eigenvalue weighted by Crippen LogP contribution is -2.25. The van der Waals surface area contributed by atoms with E-state index in [9.17, 15) is 10.2 Å². The van der Waals surface area contributed by atoms with Crippen molar-refractivity contribution in [2.45, 2.75) is 18.9 Å². The van der Waals surface area contributed by atoms with Crippen LogP contribution >= 0.6 is 34.8 Å². The molecular weight excluding hydrogens is 385 g/mol. The van der Waals surface area contributed by atoms with Gasteiger partial charge in [0.1, 0.15) is 11.4 Å². The molecule has 130 valence electrons. The Kier molecular flexibility index (Phi) is 4.93. The summed E-state index contributed by atoms with van der Waals surface area (Å²) in [7, 11) is 0. The van der Waals surface area contributed by atoms with Crippen LogP contribution in [-0.4, -0.2) is 25.2 Å². The normalized spacial score (nSPS) is 13.6. The van der Waals surface area contributed by atoms with Crippen molar-refractivity contribution < 1.29 is 10.2 Å². The third kappa shape index (κ3) is 3.90. The summed E-state index contributed by atoms with van der Waals surface area (Å²) in [4.78, 5) is 0. The number of halogens is 3. The minimum atomic E-state index is -1.26. The van der Waals surface area contributed by atoms with Gasteiger partial charge in [0, 0.05) is 33.1 Å². The van der Waals surface area contributed by atoms with E-state index in [1.54, 1.807) is 43.5 Å². The number of rotatable bonds is 4. The quantitative estimate of drug-likeness (QED) is 0.684. The summed E-state index contributed by atoms with van der Waals surface area (Å²) in [6.45, 7) is 1.64. The second kappa shape index (κ2) is 6.84. The van der Waals surface area contributed by atoms with E-state index in [4.69, 9.17) is 34.8 Å². The molecule has 3 aromatic rings. The molecule has 0 aliphatic carbocycles. The molecule has 1 heterocycles. The Hall–Kier alpha value is -1.79. The highest BCUT2D eigenvalue weighted by Gasteiger charge is 2.28. The molecule has 0 aliphatic rings. The van der Waals surface area contributed by atoms with Crippen molar-refractivity contribution in [2.75, 3.05) is 0 Å². The molecule has 8 heteroatoms. The molecule has 0 radical (unpaired) electrons. The van der Waals surface area contributed by atoms with E-state index in [0.717, 1.165) is 0 Å². The van der Waals surface area contributed by atoms with E-state index in [1.807, 2.05) is 0 Å². The molecule has 1 aromatic heterocycles. The molecule has 0 saturated carbocycles. The van der Waals surface area contributed by atoms with Crippen LogP contribution in [0.4, 0.5) is 0 Å². The number of phenols is 1. The SMILES string of the molecule is CC(O)(Cc1cn(-c2ccc(Cl)cc2O)nn1)c1ccc(Cl)cc1Cl. The molecule has 25 heavy (non-hydrogen) atoms. The zero-order chi connectivity index (χ0) is 18.2. The molecule has 0 aliphatic heterocycles. The zero-order valence-corrected chi connectivity index (χ0v) is 15.4. The molecule has 2 aromatic carbocycles. The number of phenolic OH excluding ortho intramolecular Hbond substituents is 1. The number of hydrogen-bond donors (Lipinski definition) is 2. The fourth-order valence-electron chi connectivity index (χ4n) is 2.56. The first-order valence-corrected chi connectivity index (χ1v) is 8.48. The van der Waals surface area contributed by atoms with Crippen LogP contribution in [0.5, 0.6) is 5.75 Å². The summed E-state index contributed by atoms with van der Waals surface area (Å²) in [5.41, 5.74) is 0.255. The van der Waals surface area contributed by atoms with Crippen LogP contribution in [-0.2, 0) is 12.0 Å². The maximum atomic E-state index is 10.8. The molecule has 0 saturated heterocycles. The maximum absolute atomic E-state index is 10.8. The molecule has 0 fully saturated rings. The lowest BCUT2D eigenvalue weighted by atomic mass is 9.91. The number of aromatic nitrogens is 3. The fourth-order valence-corrected chi connectivity index (χ4v) is 3.34. The van der Waals surface area contributed by atoms with Crippen molar-refractivity contribution >= 4 is 34.8 Å². The first-order valence-electron chi connectivity index (χ1n) is 7.34. The standard InChI is InChI=1S/C17H14Cl3N3O2/c1-17(25,13-4-2-10(18)6-14(13)20)8-12-9-23(22-21-12)15-5-3-11(19)7-16(15)24/h2-7,9,24-25H,8H2,1H3. The summed E-state index contributed by atoms with van der Waals surface area (Å²) >= 11 is 17.9. The van der Waals surface area contributed by atoms with Crippen molar-refractivity contribution in [3.05, 3.63) is 68.9 Å².